The Morgan fingerprint density at radius 3 is 2.72 bits per heavy atom. The summed E-state index contributed by atoms with van der Waals surface area (Å²) in [6.45, 7) is 2.76. The Balaban J connectivity index is 0.00000225. The standard InChI is InChI=1S/C18H23N3O2S.ClH/c1-12(19)15-5-3-4-10-21(15)18(22)16-11-20-17(24-16)13-6-8-14(23-2)9-7-13;/h6-9,11-12,15H,3-5,10,19H2,1-2H3;1H. The number of nitrogens with two attached hydrogens (primary N) is 1. The molecule has 2 unspecified atom stereocenters. The number of carbonyl (C=O) groups excluding carboxylic acids is 1. The fraction of sp³-hybridized carbons (Fsp3) is 0.444. The van der Waals surface area contributed by atoms with Crippen molar-refractivity contribution in [2.24, 2.45) is 5.73 Å². The molecule has 1 fully saturated rings. The van der Waals surface area contributed by atoms with Gasteiger partial charge in [0.2, 0.25) is 0 Å². The second-order valence-corrected chi connectivity index (χ2v) is 7.21. The Labute approximate surface area is 158 Å². The van der Waals surface area contributed by atoms with Crippen molar-refractivity contribution < 1.29 is 9.53 Å². The van der Waals surface area contributed by atoms with Crippen LogP contribution in [0.2, 0.25) is 0 Å². The van der Waals surface area contributed by atoms with Crippen molar-refractivity contribution in [3.05, 3.63) is 35.3 Å². The third-order valence-corrected chi connectivity index (χ3v) is 5.50. The lowest BCUT2D eigenvalue weighted by Crippen LogP contribution is -2.51. The summed E-state index contributed by atoms with van der Waals surface area (Å²) < 4.78 is 5.17. The maximum Gasteiger partial charge on any atom is 0.265 e. The van der Waals surface area contributed by atoms with Crippen molar-refractivity contribution in [3.8, 4) is 16.3 Å². The summed E-state index contributed by atoms with van der Waals surface area (Å²) in [7, 11) is 1.64. The van der Waals surface area contributed by atoms with Gasteiger partial charge in [-0.15, -0.1) is 23.7 Å². The van der Waals surface area contributed by atoms with Crippen LogP contribution >= 0.6 is 23.7 Å². The molecule has 5 nitrogen and oxygen atoms in total. The van der Waals surface area contributed by atoms with Crippen LogP contribution < -0.4 is 10.5 Å². The minimum absolute atomic E-state index is 0. The van der Waals surface area contributed by atoms with Gasteiger partial charge in [0.05, 0.1) is 13.3 Å². The van der Waals surface area contributed by atoms with Gasteiger partial charge in [-0.25, -0.2) is 4.98 Å². The summed E-state index contributed by atoms with van der Waals surface area (Å²) in [4.78, 5) is 19.9. The third-order valence-electron chi connectivity index (χ3n) is 4.47. The van der Waals surface area contributed by atoms with Crippen LogP contribution in [0.5, 0.6) is 5.75 Å². The number of hydrogen-bond donors (Lipinski definition) is 1. The molecule has 1 aromatic heterocycles. The second-order valence-electron chi connectivity index (χ2n) is 6.18. The van der Waals surface area contributed by atoms with E-state index in [1.165, 1.54) is 11.3 Å². The maximum atomic E-state index is 12.9. The van der Waals surface area contributed by atoms with Crippen LogP contribution in [0.25, 0.3) is 10.6 Å². The highest BCUT2D eigenvalue weighted by Gasteiger charge is 2.30. The molecule has 0 radical (unpaired) electrons. The van der Waals surface area contributed by atoms with Crippen molar-refractivity contribution in [1.82, 2.24) is 9.88 Å². The summed E-state index contributed by atoms with van der Waals surface area (Å²) in [5, 5.41) is 0.843. The summed E-state index contributed by atoms with van der Waals surface area (Å²) in [5.74, 6) is 0.856. The highest BCUT2D eigenvalue weighted by atomic mass is 35.5. The monoisotopic (exact) mass is 381 g/mol. The van der Waals surface area contributed by atoms with Gasteiger partial charge in [0.25, 0.3) is 5.91 Å². The van der Waals surface area contributed by atoms with Crippen LogP contribution in [-0.2, 0) is 0 Å². The molecule has 0 aliphatic carbocycles. The lowest BCUT2D eigenvalue weighted by molar-refractivity contribution is 0.0588. The first-order chi connectivity index (χ1) is 11.6. The van der Waals surface area contributed by atoms with Crippen LogP contribution in [0.1, 0.15) is 35.9 Å². The number of likely N-dealkylation sites (tertiary alicyclic amines) is 1. The number of piperidine rings is 1. The van der Waals surface area contributed by atoms with E-state index in [1.54, 1.807) is 13.3 Å². The molecule has 0 spiro atoms. The summed E-state index contributed by atoms with van der Waals surface area (Å²) in [6, 6.07) is 7.82. The first-order valence-corrected chi connectivity index (χ1v) is 9.08. The minimum Gasteiger partial charge on any atom is -0.497 e. The lowest BCUT2D eigenvalue weighted by atomic mass is 9.97. The van der Waals surface area contributed by atoms with Gasteiger partial charge in [0.1, 0.15) is 15.6 Å². The molecular formula is C18H24ClN3O2S. The number of carbonyl (C=O) groups is 1. The molecule has 1 aromatic carbocycles. The van der Waals surface area contributed by atoms with Crippen LogP contribution in [0.3, 0.4) is 0 Å². The molecule has 1 aliphatic heterocycles. The van der Waals surface area contributed by atoms with Crippen LogP contribution in [-0.4, -0.2) is 41.5 Å². The number of aromatic nitrogens is 1. The van der Waals surface area contributed by atoms with Crippen molar-refractivity contribution in [2.75, 3.05) is 13.7 Å². The SMILES string of the molecule is COc1ccc(-c2ncc(C(=O)N3CCCCC3C(C)N)s2)cc1.Cl. The van der Waals surface area contributed by atoms with Crippen LogP contribution in [0, 0.1) is 0 Å². The van der Waals surface area contributed by atoms with Gasteiger partial charge in [-0.3, -0.25) is 4.79 Å². The molecule has 2 atom stereocenters. The van der Waals surface area contributed by atoms with Crippen molar-refractivity contribution in [3.63, 3.8) is 0 Å². The Hall–Kier alpha value is -1.63. The summed E-state index contributed by atoms with van der Waals surface area (Å²) in [5.41, 5.74) is 7.07. The van der Waals surface area contributed by atoms with Gasteiger partial charge in [-0.2, -0.15) is 0 Å². The Kier molecular flexibility index (Phi) is 6.81. The molecule has 1 aliphatic rings. The van der Waals surface area contributed by atoms with Crippen LogP contribution in [0.4, 0.5) is 0 Å². The van der Waals surface area contributed by atoms with Crippen molar-refractivity contribution in [1.29, 1.82) is 0 Å². The van der Waals surface area contributed by atoms with Gasteiger partial charge in [-0.1, -0.05) is 0 Å². The zero-order valence-corrected chi connectivity index (χ0v) is 16.1. The number of nitrogens with zero attached hydrogens (tertiary/aromatic N) is 2. The predicted molar refractivity (Wildman–Crippen MR) is 104 cm³/mol. The fourth-order valence-electron chi connectivity index (χ4n) is 3.14. The highest BCUT2D eigenvalue weighted by molar-refractivity contribution is 7.16. The van der Waals surface area contributed by atoms with Crippen LogP contribution in [0.15, 0.2) is 30.5 Å². The molecule has 2 N–H and O–H groups in total. The fourth-order valence-corrected chi connectivity index (χ4v) is 4.02. The summed E-state index contributed by atoms with van der Waals surface area (Å²) >= 11 is 1.43. The molecule has 1 amide bonds. The van der Waals surface area contributed by atoms with Gasteiger partial charge >= 0.3 is 0 Å². The summed E-state index contributed by atoms with van der Waals surface area (Å²) in [6.07, 6.45) is 4.84. The lowest BCUT2D eigenvalue weighted by Gasteiger charge is -2.37. The van der Waals surface area contributed by atoms with E-state index in [1.807, 2.05) is 36.1 Å². The molecule has 2 heterocycles. The van der Waals surface area contributed by atoms with Crippen molar-refractivity contribution >= 4 is 29.7 Å². The van der Waals surface area contributed by atoms with E-state index in [9.17, 15) is 4.79 Å². The molecule has 0 bridgehead atoms. The van der Waals surface area contributed by atoms with E-state index >= 15 is 0 Å². The average molecular weight is 382 g/mol. The Morgan fingerprint density at radius 1 is 1.36 bits per heavy atom. The first-order valence-electron chi connectivity index (χ1n) is 8.27. The smallest absolute Gasteiger partial charge is 0.265 e. The number of benzene rings is 1. The van der Waals surface area contributed by atoms with E-state index in [0.29, 0.717) is 4.88 Å². The number of rotatable bonds is 4. The van der Waals surface area contributed by atoms with E-state index in [2.05, 4.69) is 4.98 Å². The Bertz CT molecular complexity index is 703. The molecule has 0 saturated carbocycles. The molecule has 25 heavy (non-hydrogen) atoms. The average Bonchev–Trinajstić information content (AvgIpc) is 3.11. The zero-order valence-electron chi connectivity index (χ0n) is 14.5. The van der Waals surface area contributed by atoms with Gasteiger partial charge in [0.15, 0.2) is 0 Å². The molecular weight excluding hydrogens is 358 g/mol. The number of ether oxygens (including phenoxy) is 1. The number of methoxy groups -OCH3 is 1. The number of amides is 1. The van der Waals surface area contributed by atoms with E-state index in [4.69, 9.17) is 10.5 Å². The normalized spacial score (nSPS) is 18.4. The van der Waals surface area contributed by atoms with Crippen molar-refractivity contribution in [2.45, 2.75) is 38.3 Å². The molecule has 3 rings (SSSR count). The maximum absolute atomic E-state index is 12.9. The predicted octanol–water partition coefficient (Wildman–Crippen LogP) is 3.58. The van der Waals surface area contributed by atoms with E-state index < -0.39 is 0 Å². The van der Waals surface area contributed by atoms with E-state index in [0.717, 1.165) is 42.1 Å². The minimum atomic E-state index is -0.0109. The van der Waals surface area contributed by atoms with Gasteiger partial charge < -0.3 is 15.4 Å². The van der Waals surface area contributed by atoms with Gasteiger partial charge in [-0.05, 0) is 50.5 Å². The quantitative estimate of drug-likeness (QED) is 0.878. The molecule has 136 valence electrons. The number of halogens is 1. The van der Waals surface area contributed by atoms with E-state index in [-0.39, 0.29) is 30.4 Å². The first kappa shape index (κ1) is 19.7. The second kappa shape index (κ2) is 8.65. The topological polar surface area (TPSA) is 68.5 Å². The largest absolute Gasteiger partial charge is 0.497 e. The molecule has 1 saturated heterocycles. The molecule has 7 heteroatoms. The zero-order chi connectivity index (χ0) is 17.1. The third kappa shape index (κ3) is 4.32. The Morgan fingerprint density at radius 2 is 2.08 bits per heavy atom. The molecule has 2 aromatic rings. The number of hydrogen-bond acceptors (Lipinski definition) is 5. The van der Waals surface area contributed by atoms with Gasteiger partial charge in [0, 0.05) is 24.2 Å². The highest BCUT2D eigenvalue weighted by Crippen LogP contribution is 2.29. The number of thiazole rings is 1.